The van der Waals surface area contributed by atoms with Gasteiger partial charge in [0.2, 0.25) is 0 Å². The summed E-state index contributed by atoms with van der Waals surface area (Å²) in [6.45, 7) is 4.14. The second-order valence-electron chi connectivity index (χ2n) is 4.33. The second-order valence-corrected chi connectivity index (χ2v) is 4.77. The van der Waals surface area contributed by atoms with E-state index in [1.165, 1.54) is 6.42 Å². The number of allylic oxidation sites excluding steroid dienone is 1. The molecule has 1 nitrogen and oxygen atoms in total. The number of halogens is 1. The van der Waals surface area contributed by atoms with Gasteiger partial charge in [-0.25, -0.2) is 0 Å². The van der Waals surface area contributed by atoms with Crippen LogP contribution in [0.5, 0.6) is 0 Å². The van der Waals surface area contributed by atoms with Crippen LogP contribution in [0.4, 0.5) is 0 Å². The molecule has 94 valence electrons. The van der Waals surface area contributed by atoms with Crippen LogP contribution in [0.3, 0.4) is 0 Å². The first-order chi connectivity index (χ1) is 8.12. The molecule has 1 N–H and O–H groups in total. The summed E-state index contributed by atoms with van der Waals surface area (Å²) < 4.78 is 0. The van der Waals surface area contributed by atoms with Crippen LogP contribution in [0.2, 0.25) is 5.02 Å². The third-order valence-corrected chi connectivity index (χ3v) is 3.22. The first kappa shape index (κ1) is 14.3. The lowest BCUT2D eigenvalue weighted by atomic mass is 9.90. The summed E-state index contributed by atoms with van der Waals surface area (Å²) in [5.41, 5.74) is -0.0289. The van der Waals surface area contributed by atoms with Crippen LogP contribution in [0.25, 0.3) is 0 Å². The Hall–Kier alpha value is -0.790. The van der Waals surface area contributed by atoms with Gasteiger partial charge >= 0.3 is 0 Å². The van der Waals surface area contributed by atoms with Gasteiger partial charge in [0, 0.05) is 5.02 Å². The molecule has 0 spiro atoms. The van der Waals surface area contributed by atoms with Crippen LogP contribution >= 0.6 is 11.6 Å². The molecule has 17 heavy (non-hydrogen) atoms. The summed E-state index contributed by atoms with van der Waals surface area (Å²) in [5, 5.41) is 11.2. The topological polar surface area (TPSA) is 20.2 Å². The van der Waals surface area contributed by atoms with Crippen molar-refractivity contribution < 1.29 is 5.11 Å². The Morgan fingerprint density at radius 1 is 1.35 bits per heavy atom. The van der Waals surface area contributed by atoms with Crippen molar-refractivity contribution in [2.45, 2.75) is 45.1 Å². The standard InChI is InChI=1S/C15H21ClO/c1-3-5-6-7-11-15(17,4-2)13-9-8-10-14(16)12-13/h7-12,17H,3-6H2,1-2H3/b11-7+. The van der Waals surface area contributed by atoms with Crippen molar-refractivity contribution in [1.82, 2.24) is 0 Å². The van der Waals surface area contributed by atoms with Crippen LogP contribution in [0.15, 0.2) is 36.4 Å². The van der Waals surface area contributed by atoms with Gasteiger partial charge in [-0.15, -0.1) is 0 Å². The van der Waals surface area contributed by atoms with Gasteiger partial charge < -0.3 is 5.11 Å². The molecule has 1 aromatic rings. The van der Waals surface area contributed by atoms with Gasteiger partial charge in [-0.3, -0.25) is 0 Å². The lowest BCUT2D eigenvalue weighted by Crippen LogP contribution is -2.21. The zero-order valence-corrected chi connectivity index (χ0v) is 11.4. The Morgan fingerprint density at radius 2 is 2.12 bits per heavy atom. The van der Waals surface area contributed by atoms with Gasteiger partial charge in [0.15, 0.2) is 0 Å². The molecule has 0 aliphatic heterocycles. The van der Waals surface area contributed by atoms with Gasteiger partial charge in [0.1, 0.15) is 5.60 Å². The van der Waals surface area contributed by atoms with Gasteiger partial charge in [0.25, 0.3) is 0 Å². The number of hydrogen-bond acceptors (Lipinski definition) is 1. The van der Waals surface area contributed by atoms with Gasteiger partial charge in [-0.2, -0.15) is 0 Å². The van der Waals surface area contributed by atoms with E-state index in [4.69, 9.17) is 11.6 Å². The predicted molar refractivity (Wildman–Crippen MR) is 74.3 cm³/mol. The maximum atomic E-state index is 10.6. The number of rotatable bonds is 6. The molecule has 0 saturated carbocycles. The SMILES string of the molecule is CCCC/C=C/C(O)(CC)c1cccc(Cl)c1. The van der Waals surface area contributed by atoms with E-state index in [1.807, 2.05) is 37.3 Å². The molecule has 0 saturated heterocycles. The summed E-state index contributed by atoms with van der Waals surface area (Å²) in [5.74, 6) is 0. The van der Waals surface area contributed by atoms with Crippen molar-refractivity contribution in [2.75, 3.05) is 0 Å². The monoisotopic (exact) mass is 252 g/mol. The average molecular weight is 253 g/mol. The minimum atomic E-state index is -0.890. The average Bonchev–Trinajstić information content (AvgIpc) is 2.34. The van der Waals surface area contributed by atoms with Crippen LogP contribution in [-0.4, -0.2) is 5.11 Å². The zero-order chi connectivity index (χ0) is 12.7. The fourth-order valence-corrected chi connectivity index (χ4v) is 1.97. The van der Waals surface area contributed by atoms with Crippen molar-refractivity contribution in [2.24, 2.45) is 0 Å². The molecule has 0 bridgehead atoms. The molecular weight excluding hydrogens is 232 g/mol. The van der Waals surface area contributed by atoms with Crippen molar-refractivity contribution in [1.29, 1.82) is 0 Å². The minimum Gasteiger partial charge on any atom is -0.381 e. The fraction of sp³-hybridized carbons (Fsp3) is 0.467. The fourth-order valence-electron chi connectivity index (χ4n) is 1.78. The molecule has 1 rings (SSSR count). The van der Waals surface area contributed by atoms with Crippen LogP contribution in [0.1, 0.15) is 45.1 Å². The molecule has 0 fully saturated rings. The Labute approximate surface area is 109 Å². The van der Waals surface area contributed by atoms with Crippen molar-refractivity contribution in [3.8, 4) is 0 Å². The lowest BCUT2D eigenvalue weighted by Gasteiger charge is -2.23. The molecule has 2 heteroatoms. The van der Waals surface area contributed by atoms with Crippen LogP contribution < -0.4 is 0 Å². The highest BCUT2D eigenvalue weighted by molar-refractivity contribution is 6.30. The van der Waals surface area contributed by atoms with Gasteiger partial charge in [-0.1, -0.05) is 62.6 Å². The number of benzene rings is 1. The molecule has 0 aliphatic rings. The van der Waals surface area contributed by atoms with Crippen molar-refractivity contribution in [3.05, 3.63) is 47.0 Å². The predicted octanol–water partition coefficient (Wildman–Crippen LogP) is 4.68. The Kier molecular flexibility index (Phi) is 5.73. The molecule has 0 aliphatic carbocycles. The Bertz CT molecular complexity index is 373. The third kappa shape index (κ3) is 4.18. The van der Waals surface area contributed by atoms with E-state index in [1.54, 1.807) is 0 Å². The van der Waals surface area contributed by atoms with Crippen molar-refractivity contribution >= 4 is 11.6 Å². The molecule has 0 heterocycles. The first-order valence-electron chi connectivity index (χ1n) is 6.28. The summed E-state index contributed by atoms with van der Waals surface area (Å²) in [6, 6.07) is 7.44. The Balaban J connectivity index is 2.84. The smallest absolute Gasteiger partial charge is 0.107 e. The zero-order valence-electron chi connectivity index (χ0n) is 10.6. The molecule has 1 unspecified atom stereocenters. The Morgan fingerprint density at radius 3 is 2.71 bits per heavy atom. The summed E-state index contributed by atoms with van der Waals surface area (Å²) in [6.07, 6.45) is 7.95. The second kappa shape index (κ2) is 6.83. The molecule has 0 aromatic heterocycles. The molecule has 1 atom stereocenters. The van der Waals surface area contributed by atoms with E-state index in [9.17, 15) is 5.11 Å². The van der Waals surface area contributed by atoms with E-state index in [0.717, 1.165) is 18.4 Å². The molecule has 1 aromatic carbocycles. The van der Waals surface area contributed by atoms with E-state index < -0.39 is 5.60 Å². The van der Waals surface area contributed by atoms with Gasteiger partial charge in [-0.05, 0) is 30.5 Å². The molecule has 0 amide bonds. The maximum Gasteiger partial charge on any atom is 0.107 e. The molecular formula is C15H21ClO. The highest BCUT2D eigenvalue weighted by Crippen LogP contribution is 2.28. The third-order valence-electron chi connectivity index (χ3n) is 2.98. The van der Waals surface area contributed by atoms with Crippen LogP contribution in [-0.2, 0) is 5.60 Å². The largest absolute Gasteiger partial charge is 0.381 e. The number of aliphatic hydroxyl groups is 1. The highest BCUT2D eigenvalue weighted by Gasteiger charge is 2.23. The highest BCUT2D eigenvalue weighted by atomic mass is 35.5. The maximum absolute atomic E-state index is 10.6. The normalized spacial score (nSPS) is 15.1. The summed E-state index contributed by atoms with van der Waals surface area (Å²) >= 11 is 5.96. The van der Waals surface area contributed by atoms with E-state index >= 15 is 0 Å². The quantitative estimate of drug-likeness (QED) is 0.576. The van der Waals surface area contributed by atoms with E-state index in [0.29, 0.717) is 11.4 Å². The number of hydrogen-bond donors (Lipinski definition) is 1. The van der Waals surface area contributed by atoms with E-state index in [2.05, 4.69) is 13.0 Å². The summed E-state index contributed by atoms with van der Waals surface area (Å²) in [7, 11) is 0. The van der Waals surface area contributed by atoms with Gasteiger partial charge in [0.05, 0.1) is 0 Å². The van der Waals surface area contributed by atoms with Crippen LogP contribution in [0, 0.1) is 0 Å². The minimum absolute atomic E-state index is 0.649. The number of unbranched alkanes of at least 4 members (excludes halogenated alkanes) is 2. The van der Waals surface area contributed by atoms with E-state index in [-0.39, 0.29) is 0 Å². The summed E-state index contributed by atoms with van der Waals surface area (Å²) in [4.78, 5) is 0. The lowest BCUT2D eigenvalue weighted by molar-refractivity contribution is 0.0849. The van der Waals surface area contributed by atoms with Crippen molar-refractivity contribution in [3.63, 3.8) is 0 Å². The first-order valence-corrected chi connectivity index (χ1v) is 6.66. The molecule has 0 radical (unpaired) electrons.